The van der Waals surface area contributed by atoms with Gasteiger partial charge in [-0.1, -0.05) is 29.8 Å². The number of benzene rings is 2. The van der Waals surface area contributed by atoms with Gasteiger partial charge in [-0.15, -0.1) is 0 Å². The molecular formula is C18H19ClN2O4S. The van der Waals surface area contributed by atoms with Crippen molar-refractivity contribution in [3.05, 3.63) is 53.1 Å². The highest BCUT2D eigenvalue weighted by atomic mass is 35.5. The molecule has 0 radical (unpaired) electrons. The zero-order chi connectivity index (χ0) is 18.7. The van der Waals surface area contributed by atoms with Crippen molar-refractivity contribution in [3.63, 3.8) is 0 Å². The number of anilines is 2. The number of nitrogens with one attached hydrogen (secondary N) is 1. The average Bonchev–Trinajstić information content (AvgIpc) is 2.62. The molecule has 1 saturated heterocycles. The molecule has 0 unspecified atom stereocenters. The third-order valence-electron chi connectivity index (χ3n) is 4.13. The highest BCUT2D eigenvalue weighted by Gasteiger charge is 2.22. The Balaban J connectivity index is 1.92. The second-order valence-electron chi connectivity index (χ2n) is 5.92. The van der Waals surface area contributed by atoms with Gasteiger partial charge in [0.15, 0.2) is 5.78 Å². The number of hydrogen-bond donors (Lipinski definition) is 1. The van der Waals surface area contributed by atoms with Gasteiger partial charge in [0.05, 0.1) is 34.5 Å². The van der Waals surface area contributed by atoms with Crippen molar-refractivity contribution >= 4 is 38.8 Å². The number of Topliss-reactive ketones (excluding diaryl/α,β-unsaturated/α-hetero) is 1. The molecule has 8 heteroatoms. The lowest BCUT2D eigenvalue weighted by Crippen LogP contribution is -2.37. The predicted octanol–water partition coefficient (Wildman–Crippen LogP) is 3.18. The maximum Gasteiger partial charge on any atom is 0.261 e. The molecule has 26 heavy (non-hydrogen) atoms. The lowest BCUT2D eigenvalue weighted by Gasteiger charge is -2.31. The van der Waals surface area contributed by atoms with Gasteiger partial charge >= 0.3 is 0 Å². The first-order valence-electron chi connectivity index (χ1n) is 8.13. The SMILES string of the molecule is CC(=O)c1ccc(S(=O)(=O)Nc2cccc(Cl)c2N2CCOCC2)cc1. The largest absolute Gasteiger partial charge is 0.378 e. The van der Waals surface area contributed by atoms with E-state index in [1.807, 2.05) is 4.90 Å². The normalized spacial score (nSPS) is 14.9. The summed E-state index contributed by atoms with van der Waals surface area (Å²) in [6.45, 7) is 3.81. The highest BCUT2D eigenvalue weighted by molar-refractivity contribution is 7.92. The number of para-hydroxylation sites is 1. The molecular weight excluding hydrogens is 376 g/mol. The molecule has 0 bridgehead atoms. The summed E-state index contributed by atoms with van der Waals surface area (Å²) < 4.78 is 33.5. The summed E-state index contributed by atoms with van der Waals surface area (Å²) in [6.07, 6.45) is 0. The summed E-state index contributed by atoms with van der Waals surface area (Å²) in [5.74, 6) is -0.119. The van der Waals surface area contributed by atoms with Gasteiger partial charge in [-0.3, -0.25) is 9.52 Å². The van der Waals surface area contributed by atoms with Crippen molar-refractivity contribution in [2.75, 3.05) is 35.9 Å². The van der Waals surface area contributed by atoms with E-state index in [0.29, 0.717) is 48.3 Å². The number of ether oxygens (including phenoxy) is 1. The Morgan fingerprint density at radius 1 is 1.12 bits per heavy atom. The average molecular weight is 395 g/mol. The molecule has 3 rings (SSSR count). The minimum atomic E-state index is -3.81. The van der Waals surface area contributed by atoms with Gasteiger partial charge in [-0.05, 0) is 31.2 Å². The first-order valence-corrected chi connectivity index (χ1v) is 9.99. The lowest BCUT2D eigenvalue weighted by molar-refractivity contribution is 0.101. The third-order valence-corrected chi connectivity index (χ3v) is 5.82. The van der Waals surface area contributed by atoms with Crippen LogP contribution in [0.2, 0.25) is 5.02 Å². The Bertz CT molecular complexity index is 907. The number of halogens is 1. The smallest absolute Gasteiger partial charge is 0.261 e. The van der Waals surface area contributed by atoms with Gasteiger partial charge in [0.2, 0.25) is 0 Å². The molecule has 0 spiro atoms. The summed E-state index contributed by atoms with van der Waals surface area (Å²) in [5, 5.41) is 0.471. The quantitative estimate of drug-likeness (QED) is 0.788. The molecule has 1 N–H and O–H groups in total. The van der Waals surface area contributed by atoms with E-state index in [9.17, 15) is 13.2 Å². The van der Waals surface area contributed by atoms with E-state index in [0.717, 1.165) is 0 Å². The zero-order valence-electron chi connectivity index (χ0n) is 14.2. The molecule has 1 fully saturated rings. The van der Waals surface area contributed by atoms with Crippen LogP contribution in [0.25, 0.3) is 0 Å². The number of nitrogens with zero attached hydrogens (tertiary/aromatic N) is 1. The summed E-state index contributed by atoms with van der Waals surface area (Å²) in [4.78, 5) is 13.4. The molecule has 1 aliphatic rings. The monoisotopic (exact) mass is 394 g/mol. The van der Waals surface area contributed by atoms with E-state index in [1.165, 1.54) is 31.2 Å². The Morgan fingerprint density at radius 2 is 1.77 bits per heavy atom. The molecule has 0 aliphatic carbocycles. The lowest BCUT2D eigenvalue weighted by atomic mass is 10.2. The predicted molar refractivity (Wildman–Crippen MR) is 102 cm³/mol. The fourth-order valence-electron chi connectivity index (χ4n) is 2.78. The number of carbonyl (C=O) groups is 1. The van der Waals surface area contributed by atoms with Gasteiger partial charge in [0.1, 0.15) is 0 Å². The van der Waals surface area contributed by atoms with Crippen molar-refractivity contribution in [3.8, 4) is 0 Å². The molecule has 0 saturated carbocycles. The van der Waals surface area contributed by atoms with Gasteiger partial charge in [0.25, 0.3) is 10.0 Å². The Labute approximate surface area is 157 Å². The maximum atomic E-state index is 12.7. The van der Waals surface area contributed by atoms with E-state index in [-0.39, 0.29) is 10.7 Å². The fourth-order valence-corrected chi connectivity index (χ4v) is 4.14. The second kappa shape index (κ2) is 7.65. The molecule has 0 atom stereocenters. The van der Waals surface area contributed by atoms with Crippen LogP contribution in [0, 0.1) is 0 Å². The topological polar surface area (TPSA) is 75.7 Å². The van der Waals surface area contributed by atoms with Crippen molar-refractivity contribution in [2.45, 2.75) is 11.8 Å². The van der Waals surface area contributed by atoms with Crippen molar-refractivity contribution in [1.29, 1.82) is 0 Å². The Hall–Kier alpha value is -2.09. The van der Waals surface area contributed by atoms with E-state index in [1.54, 1.807) is 18.2 Å². The molecule has 1 heterocycles. The third kappa shape index (κ3) is 4.00. The maximum absolute atomic E-state index is 12.7. The molecule has 2 aromatic rings. The van der Waals surface area contributed by atoms with Gasteiger partial charge in [-0.2, -0.15) is 0 Å². The molecule has 0 amide bonds. The molecule has 2 aromatic carbocycles. The van der Waals surface area contributed by atoms with Crippen molar-refractivity contribution in [2.24, 2.45) is 0 Å². The molecule has 6 nitrogen and oxygen atoms in total. The fraction of sp³-hybridized carbons (Fsp3) is 0.278. The number of ketones is 1. The van der Waals surface area contributed by atoms with Gasteiger partial charge < -0.3 is 9.64 Å². The van der Waals surface area contributed by atoms with E-state index in [4.69, 9.17) is 16.3 Å². The van der Waals surface area contributed by atoms with Crippen LogP contribution in [-0.2, 0) is 14.8 Å². The van der Waals surface area contributed by atoms with Crippen LogP contribution < -0.4 is 9.62 Å². The Kier molecular flexibility index (Phi) is 5.50. The standard InChI is InChI=1S/C18H19ClN2O4S/c1-13(22)14-5-7-15(8-6-14)26(23,24)20-17-4-2-3-16(19)18(17)21-9-11-25-12-10-21/h2-8,20H,9-12H2,1H3. The van der Waals surface area contributed by atoms with Crippen LogP contribution in [0.3, 0.4) is 0 Å². The summed E-state index contributed by atoms with van der Waals surface area (Å²) in [7, 11) is -3.81. The van der Waals surface area contributed by atoms with E-state index in [2.05, 4.69) is 4.72 Å². The van der Waals surface area contributed by atoms with Crippen LogP contribution in [0.1, 0.15) is 17.3 Å². The molecule has 1 aliphatic heterocycles. The second-order valence-corrected chi connectivity index (χ2v) is 8.01. The summed E-state index contributed by atoms with van der Waals surface area (Å²) in [6, 6.07) is 10.9. The number of carbonyl (C=O) groups excluding carboxylic acids is 1. The molecule has 138 valence electrons. The minimum Gasteiger partial charge on any atom is -0.378 e. The number of hydrogen-bond acceptors (Lipinski definition) is 5. The van der Waals surface area contributed by atoms with Crippen LogP contribution in [-0.4, -0.2) is 40.5 Å². The Morgan fingerprint density at radius 3 is 2.38 bits per heavy atom. The van der Waals surface area contributed by atoms with Crippen LogP contribution in [0.15, 0.2) is 47.4 Å². The molecule has 0 aromatic heterocycles. The summed E-state index contributed by atoms with van der Waals surface area (Å²) >= 11 is 6.34. The summed E-state index contributed by atoms with van der Waals surface area (Å²) in [5.41, 5.74) is 1.51. The number of sulfonamides is 1. The first kappa shape index (κ1) is 18.7. The number of morpholine rings is 1. The first-order chi connectivity index (χ1) is 12.4. The number of rotatable bonds is 5. The van der Waals surface area contributed by atoms with Crippen LogP contribution >= 0.6 is 11.6 Å². The van der Waals surface area contributed by atoms with E-state index < -0.39 is 10.0 Å². The van der Waals surface area contributed by atoms with Crippen molar-refractivity contribution in [1.82, 2.24) is 0 Å². The zero-order valence-corrected chi connectivity index (χ0v) is 15.8. The van der Waals surface area contributed by atoms with Gasteiger partial charge in [0, 0.05) is 18.7 Å². The van der Waals surface area contributed by atoms with Crippen LogP contribution in [0.4, 0.5) is 11.4 Å². The van der Waals surface area contributed by atoms with Crippen molar-refractivity contribution < 1.29 is 17.9 Å². The highest BCUT2D eigenvalue weighted by Crippen LogP contribution is 2.35. The van der Waals surface area contributed by atoms with Gasteiger partial charge in [-0.25, -0.2) is 8.42 Å². The van der Waals surface area contributed by atoms with E-state index >= 15 is 0 Å². The van der Waals surface area contributed by atoms with Crippen LogP contribution in [0.5, 0.6) is 0 Å². The minimum absolute atomic E-state index is 0.0791.